The van der Waals surface area contributed by atoms with Gasteiger partial charge in [-0.1, -0.05) is 72.8 Å². The highest BCUT2D eigenvalue weighted by Crippen LogP contribution is 2.52. The quantitative estimate of drug-likeness (QED) is 0.741. The van der Waals surface area contributed by atoms with Crippen LogP contribution in [0.15, 0.2) is 78.9 Å². The van der Waals surface area contributed by atoms with Crippen LogP contribution in [0.1, 0.15) is 5.56 Å². The van der Waals surface area contributed by atoms with Gasteiger partial charge < -0.3 is 4.74 Å². The number of ether oxygens (including phenoxy) is 1. The number of hydrogen-bond donors (Lipinski definition) is 0. The van der Waals surface area contributed by atoms with Crippen molar-refractivity contribution in [3.63, 3.8) is 0 Å². The van der Waals surface area contributed by atoms with Crippen molar-refractivity contribution >= 4 is 0 Å². The summed E-state index contributed by atoms with van der Waals surface area (Å²) in [6.45, 7) is 0. The van der Waals surface area contributed by atoms with Crippen molar-refractivity contribution in [2.75, 3.05) is 0 Å². The zero-order valence-electron chi connectivity index (χ0n) is 10.9. The molecule has 0 aromatic heterocycles. The van der Waals surface area contributed by atoms with Crippen LogP contribution in [0.5, 0.6) is 0 Å². The summed E-state index contributed by atoms with van der Waals surface area (Å²) in [4.78, 5) is 0. The van der Waals surface area contributed by atoms with E-state index in [9.17, 15) is 0 Å². The molecule has 0 N–H and O–H groups in total. The van der Waals surface area contributed by atoms with Crippen molar-refractivity contribution in [1.82, 2.24) is 0 Å². The van der Waals surface area contributed by atoms with Gasteiger partial charge in [0.15, 0.2) is 0 Å². The lowest BCUT2D eigenvalue weighted by Gasteiger charge is -2.15. The molecule has 0 amide bonds. The molecule has 20 heavy (non-hydrogen) atoms. The Kier molecular flexibility index (Phi) is 3.03. The van der Waals surface area contributed by atoms with Gasteiger partial charge in [-0.15, -0.1) is 0 Å². The molecule has 2 heteroatoms. The number of allylic oxidation sites excluding steroid dienone is 2. The second-order valence-corrected chi connectivity index (χ2v) is 4.99. The minimum absolute atomic E-state index is 0. The van der Waals surface area contributed by atoms with Crippen LogP contribution in [0.2, 0.25) is 0 Å². The van der Waals surface area contributed by atoms with Gasteiger partial charge in [0.2, 0.25) is 0 Å². The summed E-state index contributed by atoms with van der Waals surface area (Å²) >= 11 is 0. The first-order chi connectivity index (χ1) is 9.40. The van der Waals surface area contributed by atoms with Crippen molar-refractivity contribution in [3.8, 4) is 11.1 Å². The molecular weight excluding hydrogens is 251 g/mol. The maximum atomic E-state index is 5.94. The molecule has 1 aliphatic carbocycles. The van der Waals surface area contributed by atoms with E-state index in [0.717, 1.165) is 0 Å². The average Bonchev–Trinajstić information content (AvgIpc) is 3.24. The average molecular weight is 266 g/mol. The number of epoxide rings is 1. The fraction of sp³-hybridized carbons (Fsp3) is 0.111. The van der Waals surface area contributed by atoms with E-state index in [0.29, 0.717) is 0 Å². The Labute approximate surface area is 117 Å². The summed E-state index contributed by atoms with van der Waals surface area (Å²) < 4.78 is 5.94. The van der Waals surface area contributed by atoms with Crippen molar-refractivity contribution in [1.29, 1.82) is 0 Å². The van der Waals surface area contributed by atoms with Gasteiger partial charge >= 0.3 is 0 Å². The van der Waals surface area contributed by atoms with E-state index in [1.54, 1.807) is 0 Å². The van der Waals surface area contributed by atoms with E-state index >= 15 is 0 Å². The molecule has 0 radical (unpaired) electrons. The third-order valence-corrected chi connectivity index (χ3v) is 3.86. The second kappa shape index (κ2) is 4.73. The molecule has 1 fully saturated rings. The van der Waals surface area contributed by atoms with Crippen LogP contribution in [0.4, 0.5) is 4.70 Å². The Bertz CT molecular complexity index is 675. The summed E-state index contributed by atoms with van der Waals surface area (Å²) in [5.41, 5.74) is 3.52. The van der Waals surface area contributed by atoms with E-state index < -0.39 is 0 Å². The molecule has 0 saturated carbocycles. The second-order valence-electron chi connectivity index (χ2n) is 4.99. The summed E-state index contributed by atoms with van der Waals surface area (Å²) in [6, 6.07) is 19.0. The Balaban J connectivity index is 0.00000121. The highest BCUT2D eigenvalue weighted by Gasteiger charge is 2.56. The molecule has 0 bridgehead atoms. The number of rotatable bonds is 2. The predicted octanol–water partition coefficient (Wildman–Crippen LogP) is 4.23. The molecule has 2 aromatic rings. The lowest BCUT2D eigenvalue weighted by atomic mass is 9.86. The van der Waals surface area contributed by atoms with Gasteiger partial charge in [0, 0.05) is 0 Å². The topological polar surface area (TPSA) is 12.5 Å². The molecule has 100 valence electrons. The lowest BCUT2D eigenvalue weighted by Crippen LogP contribution is -2.11. The molecule has 1 nitrogen and oxygen atoms in total. The van der Waals surface area contributed by atoms with E-state index in [1.165, 1.54) is 16.7 Å². The fourth-order valence-electron chi connectivity index (χ4n) is 2.86. The molecule has 1 aliphatic heterocycles. The van der Waals surface area contributed by atoms with E-state index in [-0.39, 0.29) is 16.4 Å². The highest BCUT2D eigenvalue weighted by molar-refractivity contribution is 5.70. The van der Waals surface area contributed by atoms with E-state index in [2.05, 4.69) is 72.8 Å². The van der Waals surface area contributed by atoms with Crippen LogP contribution in [0.3, 0.4) is 0 Å². The van der Waals surface area contributed by atoms with Gasteiger partial charge in [-0.3, -0.25) is 4.70 Å². The third-order valence-electron chi connectivity index (χ3n) is 3.86. The van der Waals surface area contributed by atoms with Crippen LogP contribution in [0, 0.1) is 0 Å². The van der Waals surface area contributed by atoms with Gasteiger partial charge in [-0.05, 0) is 22.8 Å². The van der Waals surface area contributed by atoms with Gasteiger partial charge in [0.05, 0.1) is 0 Å². The Hall–Kier alpha value is -2.19. The number of benzene rings is 2. The largest absolute Gasteiger partial charge is 0.352 e. The van der Waals surface area contributed by atoms with Crippen LogP contribution in [-0.4, -0.2) is 6.10 Å². The summed E-state index contributed by atoms with van der Waals surface area (Å²) in [7, 11) is 0. The number of fused-ring (bicyclic) bond motifs is 1. The maximum Gasteiger partial charge on any atom is 0.143 e. The van der Waals surface area contributed by atoms with Crippen molar-refractivity contribution < 1.29 is 9.44 Å². The number of hydrogen-bond acceptors (Lipinski definition) is 1. The first-order valence-corrected chi connectivity index (χ1v) is 6.59. The number of halogens is 1. The molecule has 0 spiro atoms. The van der Waals surface area contributed by atoms with Crippen LogP contribution >= 0.6 is 0 Å². The van der Waals surface area contributed by atoms with E-state index in [1.807, 2.05) is 6.07 Å². The van der Waals surface area contributed by atoms with Crippen LogP contribution in [-0.2, 0) is 10.3 Å². The Morgan fingerprint density at radius 3 is 2.40 bits per heavy atom. The molecule has 4 rings (SSSR count). The summed E-state index contributed by atoms with van der Waals surface area (Å²) in [5.74, 6) is 0. The zero-order chi connectivity index (χ0) is 12.7. The van der Waals surface area contributed by atoms with Crippen molar-refractivity contribution in [3.05, 3.63) is 84.5 Å². The predicted molar refractivity (Wildman–Crippen MR) is 79.2 cm³/mol. The van der Waals surface area contributed by atoms with Crippen molar-refractivity contribution in [2.24, 2.45) is 0 Å². The zero-order valence-corrected chi connectivity index (χ0v) is 10.9. The van der Waals surface area contributed by atoms with Crippen LogP contribution in [0.25, 0.3) is 11.1 Å². The normalized spacial score (nSPS) is 25.7. The summed E-state index contributed by atoms with van der Waals surface area (Å²) in [6.07, 6.45) is 8.62. The minimum Gasteiger partial charge on any atom is -0.352 e. The molecule has 2 aliphatic rings. The van der Waals surface area contributed by atoms with Gasteiger partial charge in [-0.2, -0.15) is 0 Å². The monoisotopic (exact) mass is 266 g/mol. The fourth-order valence-corrected chi connectivity index (χ4v) is 2.86. The molecule has 2 atom stereocenters. The molecule has 2 unspecified atom stereocenters. The maximum absolute atomic E-state index is 5.94. The standard InChI is InChI=1S/C18H14O.FH/c1-2-8-14(9-3-1)15-10-4-5-11-16(15)18-13-7-6-12-17(18)19-18;/h1-13,17H;1H. The first-order valence-electron chi connectivity index (χ1n) is 6.59. The SMILES string of the molecule is C1=CC2OC2(c2ccccc2-c2ccccc2)C=C1.F. The van der Waals surface area contributed by atoms with Gasteiger partial charge in [0.25, 0.3) is 0 Å². The third kappa shape index (κ3) is 1.81. The van der Waals surface area contributed by atoms with Gasteiger partial charge in [0.1, 0.15) is 11.7 Å². The molecular formula is C18H15FO. The highest BCUT2D eigenvalue weighted by atomic mass is 19.0. The summed E-state index contributed by atoms with van der Waals surface area (Å²) in [5, 5.41) is 0. The van der Waals surface area contributed by atoms with E-state index in [4.69, 9.17) is 4.74 Å². The lowest BCUT2D eigenvalue weighted by molar-refractivity contribution is 0.346. The Morgan fingerprint density at radius 1 is 0.850 bits per heavy atom. The molecule has 1 heterocycles. The molecule has 1 saturated heterocycles. The molecule has 2 aromatic carbocycles. The Morgan fingerprint density at radius 2 is 1.60 bits per heavy atom. The first kappa shape index (κ1) is 12.8. The van der Waals surface area contributed by atoms with Crippen LogP contribution < -0.4 is 0 Å². The van der Waals surface area contributed by atoms with Crippen molar-refractivity contribution in [2.45, 2.75) is 11.7 Å². The minimum atomic E-state index is -0.235. The van der Waals surface area contributed by atoms with Gasteiger partial charge in [-0.25, -0.2) is 0 Å². The smallest absolute Gasteiger partial charge is 0.143 e.